The van der Waals surface area contributed by atoms with Crippen molar-refractivity contribution in [3.05, 3.63) is 93.2 Å². The molecule has 1 fully saturated rings. The van der Waals surface area contributed by atoms with Crippen molar-refractivity contribution in [3.8, 4) is 0 Å². The zero-order valence-electron chi connectivity index (χ0n) is 16.5. The Morgan fingerprint density at radius 1 is 0.929 bits per heavy atom. The summed E-state index contributed by atoms with van der Waals surface area (Å²) in [5, 5.41) is 1.97. The molecule has 1 amide bonds. The van der Waals surface area contributed by atoms with Gasteiger partial charge in [0.1, 0.15) is 0 Å². The van der Waals surface area contributed by atoms with Gasteiger partial charge in [-0.25, -0.2) is 0 Å². The van der Waals surface area contributed by atoms with Crippen LogP contribution in [0.3, 0.4) is 0 Å². The molecule has 1 saturated heterocycles. The number of hydrogen-bond donors (Lipinski definition) is 0. The number of thiophene rings is 1. The molecule has 0 aliphatic carbocycles. The lowest BCUT2D eigenvalue weighted by atomic mass is 9.92. The summed E-state index contributed by atoms with van der Waals surface area (Å²) in [7, 11) is 0. The lowest BCUT2D eigenvalue weighted by molar-refractivity contribution is 0.0601. The zero-order chi connectivity index (χ0) is 19.5. The topological polar surface area (TPSA) is 23.6 Å². The first kappa shape index (κ1) is 18.9. The molecule has 2 heterocycles. The van der Waals surface area contributed by atoms with E-state index in [1.54, 1.807) is 0 Å². The molecule has 1 aliphatic heterocycles. The van der Waals surface area contributed by atoms with Gasteiger partial charge in [0.25, 0.3) is 5.91 Å². The Labute approximate surface area is 171 Å². The molecule has 4 rings (SSSR count). The third-order valence-corrected chi connectivity index (χ3v) is 6.40. The number of nitrogens with zero attached hydrogens (tertiary/aromatic N) is 2. The molecule has 1 atom stereocenters. The van der Waals surface area contributed by atoms with Crippen LogP contribution < -0.4 is 0 Å². The highest BCUT2D eigenvalue weighted by Gasteiger charge is 2.29. The van der Waals surface area contributed by atoms with Gasteiger partial charge in [-0.1, -0.05) is 60.2 Å². The van der Waals surface area contributed by atoms with Gasteiger partial charge < -0.3 is 4.90 Å². The molecule has 2 aromatic carbocycles. The van der Waals surface area contributed by atoms with Crippen LogP contribution in [0.25, 0.3) is 0 Å². The fourth-order valence-corrected chi connectivity index (χ4v) is 4.71. The summed E-state index contributed by atoms with van der Waals surface area (Å²) in [5.41, 5.74) is 5.28. The SMILES string of the molecule is Cc1ccc(C)c([C@H](c2ccccc2)N2CCN(C(=O)c3cccs3)CC2)c1. The molecule has 0 radical (unpaired) electrons. The standard InChI is InChI=1S/C24H26N2OS/c1-18-10-11-19(2)21(17-18)23(20-7-4-3-5-8-20)25-12-14-26(15-13-25)24(27)22-9-6-16-28-22/h3-11,16-17,23H,12-15H2,1-2H3/t23-/m0/s1. The van der Waals surface area contributed by atoms with Crippen molar-refractivity contribution < 1.29 is 4.79 Å². The molecule has 0 unspecified atom stereocenters. The van der Waals surface area contributed by atoms with Gasteiger partial charge in [-0.05, 0) is 42.0 Å². The van der Waals surface area contributed by atoms with Gasteiger partial charge in [-0.15, -0.1) is 11.3 Å². The minimum Gasteiger partial charge on any atom is -0.335 e. The predicted molar refractivity (Wildman–Crippen MR) is 116 cm³/mol. The Kier molecular flexibility index (Phi) is 5.60. The number of benzene rings is 2. The van der Waals surface area contributed by atoms with Crippen LogP contribution in [-0.2, 0) is 0 Å². The molecule has 144 valence electrons. The number of carbonyl (C=O) groups is 1. The Morgan fingerprint density at radius 2 is 1.68 bits per heavy atom. The van der Waals surface area contributed by atoms with Crippen molar-refractivity contribution >= 4 is 17.2 Å². The Hall–Kier alpha value is -2.43. The first-order valence-electron chi connectivity index (χ1n) is 9.82. The summed E-state index contributed by atoms with van der Waals surface area (Å²) in [6.45, 7) is 7.65. The highest BCUT2D eigenvalue weighted by atomic mass is 32.1. The maximum atomic E-state index is 12.7. The van der Waals surface area contributed by atoms with Crippen molar-refractivity contribution in [2.75, 3.05) is 26.2 Å². The molecular formula is C24H26N2OS. The first-order valence-corrected chi connectivity index (χ1v) is 10.7. The number of amides is 1. The predicted octanol–water partition coefficient (Wildman–Crippen LogP) is 4.91. The fourth-order valence-electron chi connectivity index (χ4n) is 4.02. The number of aryl methyl sites for hydroxylation is 2. The number of hydrogen-bond acceptors (Lipinski definition) is 3. The lowest BCUT2D eigenvalue weighted by Gasteiger charge is -2.40. The quantitative estimate of drug-likeness (QED) is 0.632. The Bertz CT molecular complexity index is 929. The van der Waals surface area contributed by atoms with E-state index in [2.05, 4.69) is 67.3 Å². The molecule has 3 nitrogen and oxygen atoms in total. The summed E-state index contributed by atoms with van der Waals surface area (Å²) in [6.07, 6.45) is 0. The molecule has 0 saturated carbocycles. The number of rotatable bonds is 4. The second kappa shape index (κ2) is 8.29. The maximum Gasteiger partial charge on any atom is 0.264 e. The van der Waals surface area contributed by atoms with Crippen LogP contribution in [0.5, 0.6) is 0 Å². The Balaban J connectivity index is 1.58. The Morgan fingerprint density at radius 3 is 2.36 bits per heavy atom. The van der Waals surface area contributed by atoms with Crippen LogP contribution in [-0.4, -0.2) is 41.9 Å². The monoisotopic (exact) mass is 390 g/mol. The highest BCUT2D eigenvalue weighted by molar-refractivity contribution is 7.12. The highest BCUT2D eigenvalue weighted by Crippen LogP contribution is 2.32. The van der Waals surface area contributed by atoms with Crippen molar-refractivity contribution in [3.63, 3.8) is 0 Å². The van der Waals surface area contributed by atoms with E-state index in [0.717, 1.165) is 31.1 Å². The smallest absolute Gasteiger partial charge is 0.264 e. The number of carbonyl (C=O) groups excluding carboxylic acids is 1. The summed E-state index contributed by atoms with van der Waals surface area (Å²) in [6, 6.07) is 21.5. The molecule has 1 aromatic heterocycles. The van der Waals surface area contributed by atoms with E-state index in [9.17, 15) is 4.79 Å². The van der Waals surface area contributed by atoms with Crippen LogP contribution in [0, 0.1) is 13.8 Å². The van der Waals surface area contributed by atoms with E-state index in [1.807, 2.05) is 22.4 Å². The van der Waals surface area contributed by atoms with Gasteiger partial charge in [0.15, 0.2) is 0 Å². The van der Waals surface area contributed by atoms with Gasteiger partial charge >= 0.3 is 0 Å². The van der Waals surface area contributed by atoms with Gasteiger partial charge in [0.2, 0.25) is 0 Å². The third-order valence-electron chi connectivity index (χ3n) is 5.54. The van der Waals surface area contributed by atoms with E-state index in [-0.39, 0.29) is 11.9 Å². The van der Waals surface area contributed by atoms with E-state index < -0.39 is 0 Å². The van der Waals surface area contributed by atoms with Crippen molar-refractivity contribution in [1.82, 2.24) is 9.80 Å². The fraction of sp³-hybridized carbons (Fsp3) is 0.292. The molecule has 28 heavy (non-hydrogen) atoms. The molecule has 0 spiro atoms. The average Bonchev–Trinajstić information content (AvgIpc) is 3.26. The van der Waals surface area contributed by atoms with E-state index >= 15 is 0 Å². The normalized spacial score (nSPS) is 16.1. The summed E-state index contributed by atoms with van der Waals surface area (Å²) < 4.78 is 0. The maximum absolute atomic E-state index is 12.7. The van der Waals surface area contributed by atoms with Crippen molar-refractivity contribution in [2.24, 2.45) is 0 Å². The van der Waals surface area contributed by atoms with Crippen LogP contribution >= 0.6 is 11.3 Å². The van der Waals surface area contributed by atoms with E-state index in [1.165, 1.54) is 33.6 Å². The molecule has 3 aromatic rings. The van der Waals surface area contributed by atoms with Crippen LogP contribution in [0.1, 0.15) is 38.0 Å². The van der Waals surface area contributed by atoms with Gasteiger partial charge in [0.05, 0.1) is 10.9 Å². The second-order valence-electron chi connectivity index (χ2n) is 7.48. The van der Waals surface area contributed by atoms with Crippen LogP contribution in [0.4, 0.5) is 0 Å². The second-order valence-corrected chi connectivity index (χ2v) is 8.43. The largest absolute Gasteiger partial charge is 0.335 e. The average molecular weight is 391 g/mol. The first-order chi connectivity index (χ1) is 13.6. The van der Waals surface area contributed by atoms with Crippen LogP contribution in [0.2, 0.25) is 0 Å². The zero-order valence-corrected chi connectivity index (χ0v) is 17.3. The molecular weight excluding hydrogens is 364 g/mol. The van der Waals surface area contributed by atoms with Gasteiger partial charge in [0, 0.05) is 26.2 Å². The third kappa shape index (κ3) is 3.89. The van der Waals surface area contributed by atoms with E-state index in [0.29, 0.717) is 0 Å². The van der Waals surface area contributed by atoms with E-state index in [4.69, 9.17) is 0 Å². The molecule has 0 N–H and O–H groups in total. The molecule has 1 aliphatic rings. The minimum atomic E-state index is 0.164. The number of piperazine rings is 1. The molecule has 0 bridgehead atoms. The summed E-state index contributed by atoms with van der Waals surface area (Å²) in [5.74, 6) is 0.164. The van der Waals surface area contributed by atoms with Gasteiger partial charge in [-0.2, -0.15) is 0 Å². The van der Waals surface area contributed by atoms with Crippen LogP contribution in [0.15, 0.2) is 66.0 Å². The summed E-state index contributed by atoms with van der Waals surface area (Å²) in [4.78, 5) is 18.0. The minimum absolute atomic E-state index is 0.164. The molecule has 4 heteroatoms. The van der Waals surface area contributed by atoms with Gasteiger partial charge in [-0.3, -0.25) is 9.69 Å². The lowest BCUT2D eigenvalue weighted by Crippen LogP contribution is -2.49. The van der Waals surface area contributed by atoms with Crippen molar-refractivity contribution in [1.29, 1.82) is 0 Å². The van der Waals surface area contributed by atoms with Crippen molar-refractivity contribution in [2.45, 2.75) is 19.9 Å². The summed E-state index contributed by atoms with van der Waals surface area (Å²) >= 11 is 1.52.